The van der Waals surface area contributed by atoms with Gasteiger partial charge in [0.15, 0.2) is 0 Å². The van der Waals surface area contributed by atoms with Crippen LogP contribution in [0.3, 0.4) is 0 Å². The van der Waals surface area contributed by atoms with Crippen molar-refractivity contribution in [2.75, 3.05) is 58.1 Å². The molecule has 9 heteroatoms. The van der Waals surface area contributed by atoms with Crippen molar-refractivity contribution in [1.29, 1.82) is 0 Å². The monoisotopic (exact) mass is 534 g/mol. The van der Waals surface area contributed by atoms with Crippen molar-refractivity contribution in [1.82, 2.24) is 25.8 Å². The van der Waals surface area contributed by atoms with Crippen molar-refractivity contribution in [3.05, 3.63) is 83.9 Å². The fourth-order valence-electron chi connectivity index (χ4n) is 4.73. The quantitative estimate of drug-likeness (QED) is 0.309. The molecular weight excluding hydrogens is 496 g/mol. The summed E-state index contributed by atoms with van der Waals surface area (Å²) < 4.78 is 0. The van der Waals surface area contributed by atoms with Crippen LogP contribution in [0, 0.1) is 0 Å². The lowest BCUT2D eigenvalue weighted by molar-refractivity contribution is 0.0368. The normalized spacial score (nSPS) is 18.8. The minimum Gasteiger partial charge on any atom is -0.335 e. The van der Waals surface area contributed by atoms with E-state index in [-0.39, 0.29) is 24.0 Å². The van der Waals surface area contributed by atoms with Gasteiger partial charge < -0.3 is 26.6 Å². The van der Waals surface area contributed by atoms with Gasteiger partial charge in [0.25, 0.3) is 11.8 Å². The van der Waals surface area contributed by atoms with Crippen LogP contribution in [-0.4, -0.2) is 91.9 Å². The predicted octanol–water partition coefficient (Wildman–Crippen LogP) is 1.79. The van der Waals surface area contributed by atoms with Crippen molar-refractivity contribution in [3.63, 3.8) is 0 Å². The summed E-state index contributed by atoms with van der Waals surface area (Å²) in [4.78, 5) is 30.3. The second-order valence-electron chi connectivity index (χ2n) is 9.57. The summed E-state index contributed by atoms with van der Waals surface area (Å²) in [5, 5.41) is 11.5. The molecule has 0 saturated carbocycles. The lowest BCUT2D eigenvalue weighted by Gasteiger charge is -2.42. The number of rotatable bonds is 6. The minimum absolute atomic E-state index is 0.0288. The fourth-order valence-corrected chi connectivity index (χ4v) is 4.84. The lowest BCUT2D eigenvalue weighted by Crippen LogP contribution is -2.63. The standard InChI is InChI=1S/C25H28N4O2S.C4H10N2/c26-20(17-32)15-28-13-14-29(16-23(28)27-24(30)19-8-2-1-3-9-19)25(31)22-12-6-10-18-7-4-5-11-21(18)22;1-2-6-4-3-5-1/h1-12,20,23,32H,13-17,26H2,(H,27,30);5-6H,1-4H2/t20-,23+;/m1./s1. The summed E-state index contributed by atoms with van der Waals surface area (Å²) in [6.07, 6.45) is -0.332. The number of benzene rings is 3. The molecule has 2 atom stereocenters. The third-order valence-electron chi connectivity index (χ3n) is 6.79. The molecule has 3 aromatic carbocycles. The first-order valence-electron chi connectivity index (χ1n) is 13.2. The number of hydrogen-bond donors (Lipinski definition) is 5. The van der Waals surface area contributed by atoms with Crippen LogP contribution < -0.4 is 21.7 Å². The molecular formula is C29H38N6O2S. The van der Waals surface area contributed by atoms with Crippen LogP contribution in [0.15, 0.2) is 72.8 Å². The van der Waals surface area contributed by atoms with Crippen LogP contribution in [0.1, 0.15) is 20.7 Å². The maximum Gasteiger partial charge on any atom is 0.254 e. The number of hydrogen-bond acceptors (Lipinski definition) is 7. The Hall–Kier alpha value is -2.95. The Morgan fingerprint density at radius 3 is 2.26 bits per heavy atom. The highest BCUT2D eigenvalue weighted by Gasteiger charge is 2.32. The van der Waals surface area contributed by atoms with Crippen LogP contribution in [0.25, 0.3) is 10.8 Å². The molecule has 5 N–H and O–H groups in total. The summed E-state index contributed by atoms with van der Waals surface area (Å²) in [5.41, 5.74) is 7.41. The molecule has 2 aliphatic rings. The lowest BCUT2D eigenvalue weighted by atomic mass is 10.0. The average Bonchev–Trinajstić information content (AvgIpc) is 2.99. The Morgan fingerprint density at radius 1 is 0.921 bits per heavy atom. The third-order valence-corrected chi connectivity index (χ3v) is 7.26. The Morgan fingerprint density at radius 2 is 1.58 bits per heavy atom. The zero-order chi connectivity index (χ0) is 26.7. The van der Waals surface area contributed by atoms with Gasteiger partial charge in [-0.25, -0.2) is 0 Å². The minimum atomic E-state index is -0.332. The zero-order valence-corrected chi connectivity index (χ0v) is 22.6. The van der Waals surface area contributed by atoms with Gasteiger partial charge in [0.2, 0.25) is 0 Å². The highest BCUT2D eigenvalue weighted by atomic mass is 32.1. The van der Waals surface area contributed by atoms with Crippen molar-refractivity contribution in [2.24, 2.45) is 5.73 Å². The van der Waals surface area contributed by atoms with Crippen molar-refractivity contribution < 1.29 is 9.59 Å². The molecule has 0 spiro atoms. The number of nitrogens with zero attached hydrogens (tertiary/aromatic N) is 2. The molecule has 0 radical (unpaired) electrons. The molecule has 2 aliphatic heterocycles. The maximum absolute atomic E-state index is 13.5. The first-order chi connectivity index (χ1) is 18.6. The van der Waals surface area contributed by atoms with E-state index in [1.165, 1.54) is 0 Å². The van der Waals surface area contributed by atoms with Crippen molar-refractivity contribution >= 4 is 35.2 Å². The first kappa shape index (κ1) is 28.1. The van der Waals surface area contributed by atoms with E-state index in [0.29, 0.717) is 43.1 Å². The van der Waals surface area contributed by atoms with E-state index >= 15 is 0 Å². The van der Waals surface area contributed by atoms with Crippen LogP contribution in [-0.2, 0) is 0 Å². The molecule has 38 heavy (non-hydrogen) atoms. The molecule has 0 aromatic heterocycles. The Bertz CT molecular complexity index is 1170. The largest absolute Gasteiger partial charge is 0.335 e. The van der Waals surface area contributed by atoms with E-state index < -0.39 is 0 Å². The topological polar surface area (TPSA) is 103 Å². The van der Waals surface area contributed by atoms with Crippen LogP contribution in [0.5, 0.6) is 0 Å². The van der Waals surface area contributed by atoms with Gasteiger partial charge in [0.1, 0.15) is 6.17 Å². The summed E-state index contributed by atoms with van der Waals surface area (Å²) in [5.74, 6) is 0.354. The number of nitrogens with two attached hydrogens (primary N) is 1. The second-order valence-corrected chi connectivity index (χ2v) is 9.94. The fraction of sp³-hybridized carbons (Fsp3) is 0.379. The molecule has 0 bridgehead atoms. The van der Waals surface area contributed by atoms with Crippen LogP contribution >= 0.6 is 12.6 Å². The van der Waals surface area contributed by atoms with E-state index in [1.54, 1.807) is 12.1 Å². The van der Waals surface area contributed by atoms with Gasteiger partial charge in [-0.1, -0.05) is 54.6 Å². The van der Waals surface area contributed by atoms with Crippen molar-refractivity contribution in [2.45, 2.75) is 12.2 Å². The van der Waals surface area contributed by atoms with Gasteiger partial charge in [0, 0.05) is 68.7 Å². The van der Waals surface area contributed by atoms with E-state index in [0.717, 1.165) is 37.0 Å². The van der Waals surface area contributed by atoms with Crippen molar-refractivity contribution in [3.8, 4) is 0 Å². The predicted molar refractivity (Wildman–Crippen MR) is 157 cm³/mol. The van der Waals surface area contributed by atoms with Gasteiger partial charge in [-0.2, -0.15) is 12.6 Å². The number of fused-ring (bicyclic) bond motifs is 1. The molecule has 202 valence electrons. The molecule has 2 amide bonds. The average molecular weight is 535 g/mol. The number of carbonyl (C=O) groups excluding carboxylic acids is 2. The van der Waals surface area contributed by atoms with Gasteiger partial charge in [-0.15, -0.1) is 0 Å². The summed E-state index contributed by atoms with van der Waals surface area (Å²) >= 11 is 4.30. The van der Waals surface area contributed by atoms with Gasteiger partial charge >= 0.3 is 0 Å². The molecule has 2 saturated heterocycles. The Balaban J connectivity index is 0.000000494. The second kappa shape index (κ2) is 14.3. The number of amides is 2. The molecule has 3 aromatic rings. The molecule has 8 nitrogen and oxygen atoms in total. The van der Waals surface area contributed by atoms with E-state index in [4.69, 9.17) is 5.73 Å². The molecule has 2 heterocycles. The van der Waals surface area contributed by atoms with Gasteiger partial charge in [-0.3, -0.25) is 14.5 Å². The number of nitrogens with one attached hydrogen (secondary N) is 3. The molecule has 0 unspecified atom stereocenters. The Labute approximate surface area is 230 Å². The third kappa shape index (κ3) is 7.55. The summed E-state index contributed by atoms with van der Waals surface area (Å²) in [6.45, 7) is 6.73. The Kier molecular flexibility index (Phi) is 10.5. The molecule has 5 rings (SSSR count). The smallest absolute Gasteiger partial charge is 0.254 e. The highest BCUT2D eigenvalue weighted by Crippen LogP contribution is 2.21. The molecule has 0 aliphatic carbocycles. The number of carbonyl (C=O) groups is 2. The van der Waals surface area contributed by atoms with Gasteiger partial charge in [0.05, 0.1) is 6.54 Å². The summed E-state index contributed by atoms with van der Waals surface area (Å²) in [7, 11) is 0. The SMILES string of the molecule is C1CNCCN1.N[C@@H](CS)CN1CCN(C(=O)c2cccc3ccccc23)C[C@H]1NC(=O)c1ccccc1. The van der Waals surface area contributed by atoms with E-state index in [9.17, 15) is 9.59 Å². The van der Waals surface area contributed by atoms with E-state index in [1.807, 2.05) is 65.6 Å². The maximum atomic E-state index is 13.5. The van der Waals surface area contributed by atoms with Gasteiger partial charge in [-0.05, 0) is 29.0 Å². The zero-order valence-electron chi connectivity index (χ0n) is 21.7. The number of piperazine rings is 2. The van der Waals surface area contributed by atoms with Crippen LogP contribution in [0.4, 0.5) is 0 Å². The van der Waals surface area contributed by atoms with Crippen LogP contribution in [0.2, 0.25) is 0 Å². The van der Waals surface area contributed by atoms with E-state index in [2.05, 4.69) is 33.5 Å². The first-order valence-corrected chi connectivity index (χ1v) is 13.8. The highest BCUT2D eigenvalue weighted by molar-refractivity contribution is 7.80. The number of thiol groups is 1. The summed E-state index contributed by atoms with van der Waals surface area (Å²) in [6, 6.07) is 22.7. The molecule has 2 fully saturated rings.